The second-order valence-corrected chi connectivity index (χ2v) is 6.00. The van der Waals surface area contributed by atoms with E-state index in [2.05, 4.69) is 10.5 Å². The number of likely N-dealkylation sites (N-methyl/N-ethyl adjacent to an activating group) is 1. The molecular weight excluding hydrogens is 320 g/mol. The van der Waals surface area contributed by atoms with E-state index < -0.39 is 6.04 Å². The first kappa shape index (κ1) is 17.0. The molecule has 0 radical (unpaired) electrons. The van der Waals surface area contributed by atoms with Gasteiger partial charge in [0.05, 0.1) is 6.54 Å². The van der Waals surface area contributed by atoms with E-state index in [4.69, 9.17) is 4.52 Å². The van der Waals surface area contributed by atoms with Crippen molar-refractivity contribution in [1.82, 2.24) is 15.4 Å². The standard InChI is InChI=1S/C18H22N4O3/c1-3-21(18(24)19-12-14-11-13(2)25-20-14)16-9-10-22(17(16)23)15-7-5-4-6-8-15/h4-8,11,16H,3,9-10,12H2,1-2H3,(H,19,24). The van der Waals surface area contributed by atoms with Gasteiger partial charge in [0.2, 0.25) is 5.91 Å². The fourth-order valence-corrected chi connectivity index (χ4v) is 3.09. The van der Waals surface area contributed by atoms with Crippen molar-refractivity contribution in [2.45, 2.75) is 32.9 Å². The van der Waals surface area contributed by atoms with Crippen molar-refractivity contribution >= 4 is 17.6 Å². The number of anilines is 1. The van der Waals surface area contributed by atoms with Gasteiger partial charge >= 0.3 is 6.03 Å². The normalized spacial score (nSPS) is 17.0. The van der Waals surface area contributed by atoms with Crippen LogP contribution in [0.15, 0.2) is 40.9 Å². The molecule has 1 aliphatic heterocycles. The fourth-order valence-electron chi connectivity index (χ4n) is 3.09. The molecule has 2 aromatic rings. The summed E-state index contributed by atoms with van der Waals surface area (Å²) < 4.78 is 4.99. The van der Waals surface area contributed by atoms with Crippen molar-refractivity contribution < 1.29 is 14.1 Å². The van der Waals surface area contributed by atoms with Gasteiger partial charge in [0.1, 0.15) is 17.5 Å². The van der Waals surface area contributed by atoms with E-state index in [-0.39, 0.29) is 18.5 Å². The van der Waals surface area contributed by atoms with Gasteiger partial charge in [0.15, 0.2) is 0 Å². The fraction of sp³-hybridized carbons (Fsp3) is 0.389. The molecule has 7 nitrogen and oxygen atoms in total. The molecule has 1 atom stereocenters. The molecule has 3 amide bonds. The Balaban J connectivity index is 1.64. The minimum atomic E-state index is -0.441. The number of carbonyl (C=O) groups is 2. The first-order valence-electron chi connectivity index (χ1n) is 8.43. The average molecular weight is 342 g/mol. The third-order valence-corrected chi connectivity index (χ3v) is 4.32. The smallest absolute Gasteiger partial charge is 0.318 e. The topological polar surface area (TPSA) is 78.7 Å². The van der Waals surface area contributed by atoms with E-state index >= 15 is 0 Å². The molecule has 1 fully saturated rings. The van der Waals surface area contributed by atoms with Gasteiger partial charge in [-0.2, -0.15) is 0 Å². The maximum absolute atomic E-state index is 12.8. The van der Waals surface area contributed by atoms with Gasteiger partial charge in [-0.3, -0.25) is 4.79 Å². The van der Waals surface area contributed by atoms with Crippen LogP contribution in [-0.4, -0.2) is 41.1 Å². The molecular formula is C18H22N4O3. The number of para-hydroxylation sites is 1. The molecule has 1 unspecified atom stereocenters. The highest BCUT2D eigenvalue weighted by atomic mass is 16.5. The van der Waals surface area contributed by atoms with Gasteiger partial charge < -0.3 is 19.6 Å². The lowest BCUT2D eigenvalue weighted by Crippen LogP contribution is -2.49. The van der Waals surface area contributed by atoms with Crippen LogP contribution in [0.25, 0.3) is 0 Å². The zero-order chi connectivity index (χ0) is 17.8. The van der Waals surface area contributed by atoms with Gasteiger partial charge in [0, 0.05) is 24.8 Å². The van der Waals surface area contributed by atoms with Crippen molar-refractivity contribution in [2.75, 3.05) is 18.0 Å². The first-order valence-corrected chi connectivity index (χ1v) is 8.43. The van der Waals surface area contributed by atoms with Crippen molar-refractivity contribution in [2.24, 2.45) is 0 Å². The summed E-state index contributed by atoms with van der Waals surface area (Å²) in [7, 11) is 0. The summed E-state index contributed by atoms with van der Waals surface area (Å²) in [6, 6.07) is 10.6. The summed E-state index contributed by atoms with van der Waals surface area (Å²) in [5, 5.41) is 6.66. The van der Waals surface area contributed by atoms with Crippen molar-refractivity contribution in [3.05, 3.63) is 47.9 Å². The van der Waals surface area contributed by atoms with Crippen LogP contribution in [0.2, 0.25) is 0 Å². The molecule has 1 N–H and O–H groups in total. The van der Waals surface area contributed by atoms with Gasteiger partial charge in [-0.15, -0.1) is 0 Å². The molecule has 0 bridgehead atoms. The molecule has 0 aliphatic carbocycles. The summed E-state index contributed by atoms with van der Waals surface area (Å²) in [5.41, 5.74) is 1.52. The summed E-state index contributed by atoms with van der Waals surface area (Å²) in [4.78, 5) is 28.6. The van der Waals surface area contributed by atoms with E-state index in [1.54, 1.807) is 22.8 Å². The third-order valence-electron chi connectivity index (χ3n) is 4.32. The Labute approximate surface area is 146 Å². The highest BCUT2D eigenvalue weighted by Crippen LogP contribution is 2.24. The Bertz CT molecular complexity index is 744. The number of urea groups is 1. The molecule has 3 rings (SSSR count). The van der Waals surface area contributed by atoms with Crippen LogP contribution < -0.4 is 10.2 Å². The minimum Gasteiger partial charge on any atom is -0.361 e. The number of hydrogen-bond donors (Lipinski definition) is 1. The largest absolute Gasteiger partial charge is 0.361 e. The van der Waals surface area contributed by atoms with E-state index in [1.165, 1.54) is 0 Å². The summed E-state index contributed by atoms with van der Waals surface area (Å²) in [5.74, 6) is 0.654. The van der Waals surface area contributed by atoms with Gasteiger partial charge in [-0.1, -0.05) is 23.4 Å². The summed E-state index contributed by atoms with van der Waals surface area (Å²) >= 11 is 0. The lowest BCUT2D eigenvalue weighted by molar-refractivity contribution is -0.120. The molecule has 25 heavy (non-hydrogen) atoms. The molecule has 0 saturated carbocycles. The van der Waals surface area contributed by atoms with Crippen LogP contribution in [0.1, 0.15) is 24.8 Å². The number of benzene rings is 1. The third kappa shape index (κ3) is 3.65. The Kier molecular flexibility index (Phi) is 5.02. The number of amides is 3. The van der Waals surface area contributed by atoms with E-state index in [0.29, 0.717) is 31.0 Å². The monoisotopic (exact) mass is 342 g/mol. The maximum atomic E-state index is 12.8. The number of carbonyl (C=O) groups excluding carboxylic acids is 2. The molecule has 1 aromatic heterocycles. The second kappa shape index (κ2) is 7.38. The van der Waals surface area contributed by atoms with Gasteiger partial charge in [-0.05, 0) is 32.4 Å². The molecule has 1 aromatic carbocycles. The van der Waals surface area contributed by atoms with Crippen LogP contribution in [0, 0.1) is 6.92 Å². The Morgan fingerprint density at radius 1 is 1.40 bits per heavy atom. The van der Waals surface area contributed by atoms with Crippen LogP contribution >= 0.6 is 0 Å². The Morgan fingerprint density at radius 3 is 2.80 bits per heavy atom. The number of hydrogen-bond acceptors (Lipinski definition) is 4. The van der Waals surface area contributed by atoms with Gasteiger partial charge in [0.25, 0.3) is 0 Å². The average Bonchev–Trinajstić information content (AvgIpc) is 3.21. The minimum absolute atomic E-state index is 0.0412. The zero-order valence-electron chi connectivity index (χ0n) is 14.4. The number of aromatic nitrogens is 1. The van der Waals surface area contributed by atoms with Crippen molar-refractivity contribution in [1.29, 1.82) is 0 Å². The predicted molar refractivity (Wildman–Crippen MR) is 93.1 cm³/mol. The first-order chi connectivity index (χ1) is 12.1. The van der Waals surface area contributed by atoms with Crippen LogP contribution in [0.3, 0.4) is 0 Å². The number of aryl methyl sites for hydroxylation is 1. The molecule has 0 spiro atoms. The Morgan fingerprint density at radius 2 is 2.16 bits per heavy atom. The molecule has 1 saturated heterocycles. The van der Waals surface area contributed by atoms with E-state index in [9.17, 15) is 9.59 Å². The molecule has 2 heterocycles. The molecule has 7 heteroatoms. The molecule has 1 aliphatic rings. The highest BCUT2D eigenvalue weighted by Gasteiger charge is 2.38. The Hall–Kier alpha value is -2.83. The maximum Gasteiger partial charge on any atom is 0.318 e. The predicted octanol–water partition coefficient (Wildman–Crippen LogP) is 2.32. The van der Waals surface area contributed by atoms with E-state index in [0.717, 1.165) is 5.69 Å². The van der Waals surface area contributed by atoms with Crippen LogP contribution in [0.4, 0.5) is 10.5 Å². The van der Waals surface area contributed by atoms with Crippen molar-refractivity contribution in [3.63, 3.8) is 0 Å². The second-order valence-electron chi connectivity index (χ2n) is 6.00. The lowest BCUT2D eigenvalue weighted by Gasteiger charge is -2.27. The van der Waals surface area contributed by atoms with Crippen LogP contribution in [-0.2, 0) is 11.3 Å². The summed E-state index contributed by atoms with van der Waals surface area (Å²) in [6.45, 7) is 5.02. The number of nitrogens with one attached hydrogen (secondary N) is 1. The zero-order valence-corrected chi connectivity index (χ0v) is 14.4. The highest BCUT2D eigenvalue weighted by molar-refractivity contribution is 6.01. The number of rotatable bonds is 5. The summed E-state index contributed by atoms with van der Waals surface area (Å²) in [6.07, 6.45) is 0.623. The lowest BCUT2D eigenvalue weighted by atomic mass is 10.2. The van der Waals surface area contributed by atoms with Gasteiger partial charge in [-0.25, -0.2) is 4.79 Å². The van der Waals surface area contributed by atoms with Crippen molar-refractivity contribution in [3.8, 4) is 0 Å². The number of nitrogens with zero attached hydrogens (tertiary/aromatic N) is 3. The SMILES string of the molecule is CCN(C(=O)NCc1cc(C)on1)C1CCN(c2ccccc2)C1=O. The van der Waals surface area contributed by atoms with E-state index in [1.807, 2.05) is 37.3 Å². The van der Waals surface area contributed by atoms with Crippen LogP contribution in [0.5, 0.6) is 0 Å². The molecule has 132 valence electrons. The quantitative estimate of drug-likeness (QED) is 0.904.